The van der Waals surface area contributed by atoms with Crippen molar-refractivity contribution in [3.05, 3.63) is 30.3 Å². The molecule has 0 atom stereocenters. The smallest absolute Gasteiger partial charge is 0.0852 e. The molecule has 0 aliphatic heterocycles. The summed E-state index contributed by atoms with van der Waals surface area (Å²) in [5.41, 5.74) is 0.970. The van der Waals surface area contributed by atoms with Crippen LogP contribution in [0.4, 0.5) is 5.69 Å². The summed E-state index contributed by atoms with van der Waals surface area (Å²) < 4.78 is 0. The summed E-state index contributed by atoms with van der Waals surface area (Å²) >= 11 is 0. The third-order valence-corrected chi connectivity index (χ3v) is 2.67. The van der Waals surface area contributed by atoms with Gasteiger partial charge in [0.1, 0.15) is 0 Å². The molecule has 0 unspecified atom stereocenters. The van der Waals surface area contributed by atoms with Crippen LogP contribution in [0.3, 0.4) is 0 Å². The molecule has 2 rings (SSSR count). The van der Waals surface area contributed by atoms with Gasteiger partial charge in [0.2, 0.25) is 0 Å². The molecule has 74 valence electrons. The van der Waals surface area contributed by atoms with Crippen LogP contribution in [0.25, 0.3) is 0 Å². The summed E-state index contributed by atoms with van der Waals surface area (Å²) in [6, 6.07) is 10.5. The van der Waals surface area contributed by atoms with Crippen molar-refractivity contribution in [1.29, 1.82) is 0 Å². The normalized spacial score (nSPS) is 18.9. The maximum absolute atomic E-state index is 4.38. The van der Waals surface area contributed by atoms with Gasteiger partial charge in [-0.2, -0.15) is 10.2 Å². The Kier molecular flexibility index (Phi) is 3.28. The molecule has 0 heterocycles. The predicted octanol–water partition coefficient (Wildman–Crippen LogP) is 4.10. The van der Waals surface area contributed by atoms with Crippen molar-refractivity contribution < 1.29 is 0 Å². The highest BCUT2D eigenvalue weighted by molar-refractivity contribution is 5.34. The van der Waals surface area contributed by atoms with E-state index < -0.39 is 0 Å². The van der Waals surface area contributed by atoms with E-state index in [1.165, 1.54) is 32.1 Å². The maximum Gasteiger partial charge on any atom is 0.0852 e. The molecule has 1 aromatic carbocycles. The van der Waals surface area contributed by atoms with Crippen molar-refractivity contribution in [2.75, 3.05) is 0 Å². The average molecular weight is 188 g/mol. The standard InChI is InChI=1S/C12H16N2/c1-3-7-11(8-4-1)13-14-12-9-5-2-6-10-12/h1,3-4,7-8,12H,2,5-6,9-10H2. The fraction of sp³-hybridized carbons (Fsp3) is 0.500. The van der Waals surface area contributed by atoms with Crippen molar-refractivity contribution >= 4 is 5.69 Å². The zero-order chi connectivity index (χ0) is 9.64. The molecule has 2 nitrogen and oxygen atoms in total. The number of nitrogens with zero attached hydrogens (tertiary/aromatic N) is 2. The van der Waals surface area contributed by atoms with Crippen molar-refractivity contribution in [3.63, 3.8) is 0 Å². The first kappa shape index (κ1) is 9.38. The van der Waals surface area contributed by atoms with E-state index >= 15 is 0 Å². The van der Waals surface area contributed by atoms with E-state index in [0.29, 0.717) is 6.04 Å². The van der Waals surface area contributed by atoms with Gasteiger partial charge in [-0.15, -0.1) is 0 Å². The molecule has 1 aliphatic carbocycles. The predicted molar refractivity (Wildman–Crippen MR) is 57.8 cm³/mol. The third-order valence-electron chi connectivity index (χ3n) is 2.67. The summed E-state index contributed by atoms with van der Waals surface area (Å²) in [5, 5.41) is 8.63. The van der Waals surface area contributed by atoms with Gasteiger partial charge in [0.05, 0.1) is 11.7 Å². The molecule has 0 saturated heterocycles. The summed E-state index contributed by atoms with van der Waals surface area (Å²) in [6.45, 7) is 0. The Hall–Kier alpha value is -1.18. The molecule has 14 heavy (non-hydrogen) atoms. The van der Waals surface area contributed by atoms with E-state index in [1.807, 2.05) is 30.3 Å². The Labute approximate surface area is 85.1 Å². The van der Waals surface area contributed by atoms with Crippen molar-refractivity contribution in [2.45, 2.75) is 38.1 Å². The number of hydrogen-bond acceptors (Lipinski definition) is 2. The van der Waals surface area contributed by atoms with Gasteiger partial charge in [-0.1, -0.05) is 37.5 Å². The monoisotopic (exact) mass is 188 g/mol. The fourth-order valence-electron chi connectivity index (χ4n) is 1.84. The average Bonchev–Trinajstić information content (AvgIpc) is 2.29. The first-order valence-electron chi connectivity index (χ1n) is 5.41. The van der Waals surface area contributed by atoms with Gasteiger partial charge in [-0.25, -0.2) is 0 Å². The SMILES string of the molecule is c1ccc(N=NC2CCCCC2)cc1. The number of benzene rings is 1. The van der Waals surface area contributed by atoms with E-state index in [1.54, 1.807) is 0 Å². The molecule has 1 aliphatic rings. The molecule has 0 amide bonds. The van der Waals surface area contributed by atoms with Crippen molar-refractivity contribution in [1.82, 2.24) is 0 Å². The molecule has 0 N–H and O–H groups in total. The minimum Gasteiger partial charge on any atom is -0.185 e. The number of azo groups is 1. The molecule has 0 radical (unpaired) electrons. The van der Waals surface area contributed by atoms with Gasteiger partial charge in [0.25, 0.3) is 0 Å². The van der Waals surface area contributed by atoms with Crippen molar-refractivity contribution in [3.8, 4) is 0 Å². The second-order valence-corrected chi connectivity index (χ2v) is 3.84. The van der Waals surface area contributed by atoms with E-state index in [4.69, 9.17) is 0 Å². The second-order valence-electron chi connectivity index (χ2n) is 3.84. The van der Waals surface area contributed by atoms with E-state index in [-0.39, 0.29) is 0 Å². The molecular formula is C12H16N2. The lowest BCUT2D eigenvalue weighted by molar-refractivity contribution is 0.432. The minimum atomic E-state index is 0.476. The zero-order valence-electron chi connectivity index (χ0n) is 8.39. The van der Waals surface area contributed by atoms with Crippen LogP contribution < -0.4 is 0 Å². The van der Waals surface area contributed by atoms with Crippen molar-refractivity contribution in [2.24, 2.45) is 10.2 Å². The molecule has 1 aromatic rings. The Morgan fingerprint density at radius 3 is 2.36 bits per heavy atom. The Morgan fingerprint density at radius 2 is 1.64 bits per heavy atom. The zero-order valence-corrected chi connectivity index (χ0v) is 8.39. The largest absolute Gasteiger partial charge is 0.185 e. The Bertz CT molecular complexity index is 286. The first-order valence-corrected chi connectivity index (χ1v) is 5.41. The molecule has 2 heteroatoms. The topological polar surface area (TPSA) is 24.7 Å². The Balaban J connectivity index is 1.93. The molecule has 0 aromatic heterocycles. The van der Waals surface area contributed by atoms with Crippen LogP contribution in [0, 0.1) is 0 Å². The number of rotatable bonds is 2. The second kappa shape index (κ2) is 4.89. The Morgan fingerprint density at radius 1 is 0.929 bits per heavy atom. The highest BCUT2D eigenvalue weighted by atomic mass is 15.1. The molecule has 1 saturated carbocycles. The fourth-order valence-corrected chi connectivity index (χ4v) is 1.84. The van der Waals surface area contributed by atoms with E-state index in [9.17, 15) is 0 Å². The third kappa shape index (κ3) is 2.66. The van der Waals surface area contributed by atoms with Crippen LogP contribution in [-0.2, 0) is 0 Å². The van der Waals surface area contributed by atoms with Crippen LogP contribution in [0.5, 0.6) is 0 Å². The van der Waals surface area contributed by atoms with Gasteiger partial charge in [-0.05, 0) is 25.0 Å². The molecule has 1 fully saturated rings. The molecule has 0 bridgehead atoms. The van der Waals surface area contributed by atoms with Gasteiger partial charge < -0.3 is 0 Å². The van der Waals surface area contributed by atoms with Gasteiger partial charge in [0, 0.05) is 0 Å². The van der Waals surface area contributed by atoms with Gasteiger partial charge in [-0.3, -0.25) is 0 Å². The lowest BCUT2D eigenvalue weighted by Crippen LogP contribution is -2.08. The highest BCUT2D eigenvalue weighted by Crippen LogP contribution is 2.22. The highest BCUT2D eigenvalue weighted by Gasteiger charge is 2.11. The first-order chi connectivity index (χ1) is 6.95. The van der Waals surface area contributed by atoms with E-state index in [2.05, 4.69) is 10.2 Å². The lowest BCUT2D eigenvalue weighted by Gasteiger charge is -2.15. The van der Waals surface area contributed by atoms with Crippen LogP contribution in [0.15, 0.2) is 40.6 Å². The summed E-state index contributed by atoms with van der Waals surface area (Å²) in [6.07, 6.45) is 6.45. The molecular weight excluding hydrogens is 172 g/mol. The quantitative estimate of drug-likeness (QED) is 0.624. The van der Waals surface area contributed by atoms with E-state index in [0.717, 1.165) is 5.69 Å². The van der Waals surface area contributed by atoms with Gasteiger partial charge >= 0.3 is 0 Å². The summed E-state index contributed by atoms with van der Waals surface area (Å²) in [7, 11) is 0. The van der Waals surface area contributed by atoms with Gasteiger partial charge in [0.15, 0.2) is 0 Å². The minimum absolute atomic E-state index is 0.476. The summed E-state index contributed by atoms with van der Waals surface area (Å²) in [4.78, 5) is 0. The number of hydrogen-bond donors (Lipinski definition) is 0. The summed E-state index contributed by atoms with van der Waals surface area (Å²) in [5.74, 6) is 0. The lowest BCUT2D eigenvalue weighted by atomic mass is 9.96. The van der Waals surface area contributed by atoms with Crippen LogP contribution in [0.2, 0.25) is 0 Å². The van der Waals surface area contributed by atoms with Crippen LogP contribution in [0.1, 0.15) is 32.1 Å². The molecule has 0 spiro atoms. The maximum atomic E-state index is 4.38. The van der Waals surface area contributed by atoms with Crippen LogP contribution in [-0.4, -0.2) is 6.04 Å². The van der Waals surface area contributed by atoms with Crippen LogP contribution >= 0.6 is 0 Å².